The van der Waals surface area contributed by atoms with Gasteiger partial charge in [-0.1, -0.05) is 0 Å². The summed E-state index contributed by atoms with van der Waals surface area (Å²) in [6.07, 6.45) is 10.1. The lowest BCUT2D eigenvalue weighted by Crippen LogP contribution is -2.55. The zero-order valence-corrected chi connectivity index (χ0v) is 15.9. The number of carbonyl (C=O) groups is 1. The first-order valence-corrected chi connectivity index (χ1v) is 9.66. The molecule has 0 aromatic rings. The first-order chi connectivity index (χ1) is 12.3. The molecule has 2 heterocycles. The van der Waals surface area contributed by atoms with Crippen LogP contribution in [0.1, 0.15) is 39.0 Å². The van der Waals surface area contributed by atoms with E-state index in [0.29, 0.717) is 12.1 Å². The highest BCUT2D eigenvalue weighted by Gasteiger charge is 2.51. The van der Waals surface area contributed by atoms with Crippen LogP contribution < -0.4 is 5.32 Å². The van der Waals surface area contributed by atoms with Gasteiger partial charge < -0.3 is 30.4 Å². The molecule has 2 saturated heterocycles. The standard InChI is InChI=1S/C18H31BN4O3/c1-17(19,25)26-16(24)23-10-5-18(13-23)11-15(12-18)22-8-3-14(4-9-22)21-7-2-6-20/h2,6-7,14-15,20-21,25H,3-5,8-13,19H2,1H3/b7-2-,20-6?. The SMILES string of the molecule is BC(C)(O)OC(=O)N1CCC2(CC(N3CCC(N/C=C\C=N)CC3)C2)C1. The highest BCUT2D eigenvalue weighted by molar-refractivity contribution is 6.13. The summed E-state index contributed by atoms with van der Waals surface area (Å²) in [6, 6.07) is 1.15. The number of ether oxygens (including phenoxy) is 1. The van der Waals surface area contributed by atoms with Gasteiger partial charge >= 0.3 is 6.09 Å². The summed E-state index contributed by atoms with van der Waals surface area (Å²) in [5.74, 6) is 0. The number of rotatable bonds is 5. The highest BCUT2D eigenvalue weighted by atomic mass is 16.7. The normalized spacial score (nSPS) is 32.4. The molecule has 1 atom stereocenters. The Bertz CT molecular complexity index is 549. The number of hydrogen-bond acceptors (Lipinski definition) is 6. The van der Waals surface area contributed by atoms with Crippen molar-refractivity contribution in [3.63, 3.8) is 0 Å². The van der Waals surface area contributed by atoms with Crippen LogP contribution in [-0.2, 0) is 4.74 Å². The number of nitrogens with one attached hydrogen (secondary N) is 2. The van der Waals surface area contributed by atoms with E-state index >= 15 is 0 Å². The quantitative estimate of drug-likeness (QED) is 0.376. The van der Waals surface area contributed by atoms with Crippen molar-refractivity contribution in [1.29, 1.82) is 5.41 Å². The molecular formula is C18H31BN4O3. The van der Waals surface area contributed by atoms with Crippen molar-refractivity contribution in [2.75, 3.05) is 26.2 Å². The van der Waals surface area contributed by atoms with Gasteiger partial charge in [0, 0.05) is 44.5 Å². The third-order valence-electron chi connectivity index (χ3n) is 5.94. The fourth-order valence-electron chi connectivity index (χ4n) is 4.57. The van der Waals surface area contributed by atoms with Crippen LogP contribution in [0.3, 0.4) is 0 Å². The van der Waals surface area contributed by atoms with Gasteiger partial charge in [-0.05, 0) is 56.7 Å². The molecule has 144 valence electrons. The minimum Gasteiger partial charge on any atom is -0.427 e. The molecule has 1 saturated carbocycles. The van der Waals surface area contributed by atoms with E-state index < -0.39 is 11.8 Å². The molecule has 1 unspecified atom stereocenters. The Balaban J connectivity index is 1.40. The number of piperidine rings is 1. The molecule has 7 nitrogen and oxygen atoms in total. The van der Waals surface area contributed by atoms with Crippen molar-refractivity contribution in [3.05, 3.63) is 12.3 Å². The van der Waals surface area contributed by atoms with Crippen molar-refractivity contribution in [1.82, 2.24) is 15.1 Å². The summed E-state index contributed by atoms with van der Waals surface area (Å²) in [6.45, 7) is 5.19. The third-order valence-corrected chi connectivity index (χ3v) is 5.94. The minimum atomic E-state index is -1.42. The zero-order chi connectivity index (χ0) is 18.8. The largest absolute Gasteiger partial charge is 0.427 e. The molecule has 0 aromatic carbocycles. The van der Waals surface area contributed by atoms with Crippen LogP contribution in [0.25, 0.3) is 0 Å². The lowest BCUT2D eigenvalue weighted by Gasteiger charge is -2.51. The first kappa shape index (κ1) is 19.2. The van der Waals surface area contributed by atoms with Crippen molar-refractivity contribution < 1.29 is 14.6 Å². The van der Waals surface area contributed by atoms with Gasteiger partial charge in [-0.3, -0.25) is 0 Å². The van der Waals surface area contributed by atoms with E-state index in [1.54, 1.807) is 11.0 Å². The zero-order valence-electron chi connectivity index (χ0n) is 15.9. The molecule has 0 radical (unpaired) electrons. The van der Waals surface area contributed by atoms with Crippen LogP contribution in [0.15, 0.2) is 12.3 Å². The van der Waals surface area contributed by atoms with Crippen molar-refractivity contribution >= 4 is 20.2 Å². The van der Waals surface area contributed by atoms with Gasteiger partial charge in [-0.15, -0.1) is 0 Å². The second-order valence-electron chi connectivity index (χ2n) is 8.55. The van der Waals surface area contributed by atoms with Gasteiger partial charge in [-0.25, -0.2) is 4.79 Å². The minimum absolute atomic E-state index is 0.255. The summed E-state index contributed by atoms with van der Waals surface area (Å²) in [5, 5.41) is 20.0. The molecule has 0 aromatic heterocycles. The Kier molecular flexibility index (Phi) is 5.62. The molecule has 3 rings (SSSR count). The maximum Gasteiger partial charge on any atom is 0.411 e. The molecule has 26 heavy (non-hydrogen) atoms. The van der Waals surface area contributed by atoms with Crippen molar-refractivity contribution in [2.24, 2.45) is 5.41 Å². The van der Waals surface area contributed by atoms with Gasteiger partial charge in [0.2, 0.25) is 0 Å². The van der Waals surface area contributed by atoms with Crippen LogP contribution in [0, 0.1) is 10.8 Å². The van der Waals surface area contributed by atoms with Gasteiger partial charge in [-0.2, -0.15) is 0 Å². The molecule has 1 spiro atoms. The number of allylic oxidation sites excluding steroid dienone is 1. The number of nitrogens with zero attached hydrogens (tertiary/aromatic N) is 2. The van der Waals surface area contributed by atoms with Gasteiger partial charge in [0.25, 0.3) is 0 Å². The van der Waals surface area contributed by atoms with Crippen molar-refractivity contribution in [3.8, 4) is 0 Å². The molecule has 8 heteroatoms. The monoisotopic (exact) mass is 362 g/mol. The smallest absolute Gasteiger partial charge is 0.411 e. The Morgan fingerprint density at radius 3 is 2.69 bits per heavy atom. The van der Waals surface area contributed by atoms with Gasteiger partial charge in [0.15, 0.2) is 13.5 Å². The Morgan fingerprint density at radius 1 is 1.38 bits per heavy atom. The van der Waals surface area contributed by atoms with Crippen molar-refractivity contribution in [2.45, 2.75) is 56.8 Å². The average molecular weight is 362 g/mol. The number of carbonyl (C=O) groups excluding carboxylic acids is 1. The fourth-order valence-corrected chi connectivity index (χ4v) is 4.57. The van der Waals surface area contributed by atoms with Gasteiger partial charge in [0.1, 0.15) is 0 Å². The van der Waals surface area contributed by atoms with E-state index in [1.165, 1.54) is 21.0 Å². The molecule has 1 amide bonds. The van der Waals surface area contributed by atoms with Crippen LogP contribution in [0.5, 0.6) is 0 Å². The van der Waals surface area contributed by atoms with E-state index in [0.717, 1.165) is 58.3 Å². The predicted molar refractivity (Wildman–Crippen MR) is 103 cm³/mol. The number of likely N-dealkylation sites (tertiary alicyclic amines) is 2. The molecule has 3 N–H and O–H groups in total. The Morgan fingerprint density at radius 2 is 2.08 bits per heavy atom. The molecule has 1 aliphatic carbocycles. The topological polar surface area (TPSA) is 88.9 Å². The molecule has 0 bridgehead atoms. The van der Waals surface area contributed by atoms with Crippen LogP contribution >= 0.6 is 0 Å². The first-order valence-electron chi connectivity index (χ1n) is 9.66. The summed E-state index contributed by atoms with van der Waals surface area (Å²) in [4.78, 5) is 16.5. The van der Waals surface area contributed by atoms with E-state index in [-0.39, 0.29) is 5.41 Å². The molecule has 3 fully saturated rings. The lowest BCUT2D eigenvalue weighted by atomic mass is 9.64. The van der Waals surface area contributed by atoms with Gasteiger partial charge in [0.05, 0.1) is 0 Å². The van der Waals surface area contributed by atoms with E-state index in [2.05, 4.69) is 10.2 Å². The van der Waals surface area contributed by atoms with E-state index in [9.17, 15) is 9.90 Å². The second kappa shape index (κ2) is 7.60. The van der Waals surface area contributed by atoms with Crippen LogP contribution in [-0.4, -0.2) is 79.0 Å². The number of aliphatic hydroxyl groups is 1. The average Bonchev–Trinajstić information content (AvgIpc) is 2.99. The van der Waals surface area contributed by atoms with Crippen LogP contribution in [0.4, 0.5) is 4.79 Å². The van der Waals surface area contributed by atoms with E-state index in [4.69, 9.17) is 10.1 Å². The number of amides is 1. The van der Waals surface area contributed by atoms with E-state index in [1.807, 2.05) is 6.20 Å². The third kappa shape index (κ3) is 4.59. The number of hydrogen-bond donors (Lipinski definition) is 3. The summed E-state index contributed by atoms with van der Waals surface area (Å²) in [5.41, 5.74) is -1.16. The Labute approximate surface area is 156 Å². The summed E-state index contributed by atoms with van der Waals surface area (Å²) >= 11 is 0. The Hall–Kier alpha value is -1.54. The maximum absolute atomic E-state index is 12.1. The summed E-state index contributed by atoms with van der Waals surface area (Å²) < 4.78 is 5.08. The fraction of sp³-hybridized carbons (Fsp3) is 0.778. The maximum atomic E-state index is 12.1. The van der Waals surface area contributed by atoms with Crippen LogP contribution in [0.2, 0.25) is 0 Å². The highest BCUT2D eigenvalue weighted by Crippen LogP contribution is 2.50. The lowest BCUT2D eigenvalue weighted by molar-refractivity contribution is -0.0883. The predicted octanol–water partition coefficient (Wildman–Crippen LogP) is 0.494. The second-order valence-corrected chi connectivity index (χ2v) is 8.55. The molecule has 3 aliphatic rings. The molecular weight excluding hydrogens is 331 g/mol. The summed E-state index contributed by atoms with van der Waals surface area (Å²) in [7, 11) is 1.48. The molecule has 2 aliphatic heterocycles.